The molecule has 0 radical (unpaired) electrons. The van der Waals surface area contributed by atoms with Crippen LogP contribution in [0.2, 0.25) is 5.02 Å². The van der Waals surface area contributed by atoms with E-state index in [9.17, 15) is 13.6 Å². The highest BCUT2D eigenvalue weighted by Crippen LogP contribution is 2.41. The zero-order valence-corrected chi connectivity index (χ0v) is 15.1. The number of aromatic nitrogens is 2. The smallest absolute Gasteiger partial charge is 0.303 e. The van der Waals surface area contributed by atoms with Gasteiger partial charge in [-0.05, 0) is 49.4 Å². The first-order chi connectivity index (χ1) is 12.9. The van der Waals surface area contributed by atoms with Gasteiger partial charge >= 0.3 is 5.97 Å². The zero-order valence-electron chi connectivity index (χ0n) is 14.3. The van der Waals surface area contributed by atoms with Crippen molar-refractivity contribution in [2.24, 2.45) is 5.92 Å². The molecule has 7 heteroatoms. The first-order valence-corrected chi connectivity index (χ1v) is 9.15. The number of rotatable bonds is 4. The van der Waals surface area contributed by atoms with Crippen molar-refractivity contribution in [3.05, 3.63) is 53.1 Å². The van der Waals surface area contributed by atoms with E-state index in [1.54, 1.807) is 12.1 Å². The average molecular weight is 391 g/mol. The van der Waals surface area contributed by atoms with E-state index in [1.165, 1.54) is 6.07 Å². The van der Waals surface area contributed by atoms with E-state index in [-0.39, 0.29) is 18.4 Å². The van der Waals surface area contributed by atoms with Crippen LogP contribution in [0.25, 0.3) is 22.4 Å². The predicted molar refractivity (Wildman–Crippen MR) is 98.7 cm³/mol. The lowest BCUT2D eigenvalue weighted by Crippen LogP contribution is -2.09. The summed E-state index contributed by atoms with van der Waals surface area (Å²) in [7, 11) is 0. The van der Waals surface area contributed by atoms with Gasteiger partial charge in [0.15, 0.2) is 11.6 Å². The molecule has 3 aromatic rings. The minimum atomic E-state index is -0.940. The largest absolute Gasteiger partial charge is 0.481 e. The Labute approximate surface area is 159 Å². The molecule has 2 aromatic carbocycles. The molecule has 1 aromatic heterocycles. The van der Waals surface area contributed by atoms with E-state index < -0.39 is 17.6 Å². The number of hydrogen-bond acceptors (Lipinski definition) is 2. The summed E-state index contributed by atoms with van der Waals surface area (Å²) in [4.78, 5) is 15.6. The Morgan fingerprint density at radius 1 is 1.19 bits per heavy atom. The quantitative estimate of drug-likeness (QED) is 0.644. The number of fused-ring (bicyclic) bond motifs is 1. The molecule has 0 spiro atoms. The molecular formula is C20H17ClF2N2O2. The normalized spacial score (nSPS) is 19.7. The summed E-state index contributed by atoms with van der Waals surface area (Å²) in [5, 5.41) is 9.65. The van der Waals surface area contributed by atoms with Gasteiger partial charge < -0.3 is 9.67 Å². The minimum absolute atomic E-state index is 0.0186. The maximum atomic E-state index is 13.9. The lowest BCUT2D eigenvalue weighted by molar-refractivity contribution is -0.138. The maximum absolute atomic E-state index is 13.9. The van der Waals surface area contributed by atoms with Gasteiger partial charge in [0.1, 0.15) is 5.82 Å². The van der Waals surface area contributed by atoms with E-state index in [2.05, 4.69) is 4.98 Å². The Morgan fingerprint density at radius 2 is 1.89 bits per heavy atom. The number of carbonyl (C=O) groups is 1. The van der Waals surface area contributed by atoms with Gasteiger partial charge in [0.2, 0.25) is 0 Å². The second-order valence-corrected chi connectivity index (χ2v) is 7.43. The van der Waals surface area contributed by atoms with E-state index in [0.717, 1.165) is 24.5 Å². The summed E-state index contributed by atoms with van der Waals surface area (Å²) < 4.78 is 29.6. The number of benzene rings is 2. The van der Waals surface area contributed by atoms with Crippen LogP contribution in [0.15, 0.2) is 36.4 Å². The average Bonchev–Trinajstić information content (AvgIpc) is 3.20. The Hall–Kier alpha value is -2.47. The van der Waals surface area contributed by atoms with Crippen molar-refractivity contribution in [2.75, 3.05) is 0 Å². The molecule has 1 fully saturated rings. The number of aliphatic carboxylic acids is 1. The van der Waals surface area contributed by atoms with Crippen LogP contribution < -0.4 is 0 Å². The maximum Gasteiger partial charge on any atom is 0.303 e. The summed E-state index contributed by atoms with van der Waals surface area (Å²) >= 11 is 5.97. The molecule has 2 atom stereocenters. The molecule has 0 amide bonds. The van der Waals surface area contributed by atoms with Gasteiger partial charge in [0, 0.05) is 35.2 Å². The molecule has 27 heavy (non-hydrogen) atoms. The van der Waals surface area contributed by atoms with Crippen LogP contribution in [0.5, 0.6) is 0 Å². The highest BCUT2D eigenvalue weighted by atomic mass is 35.5. The summed E-state index contributed by atoms with van der Waals surface area (Å²) in [6, 6.07) is 9.36. The van der Waals surface area contributed by atoms with Gasteiger partial charge in [-0.2, -0.15) is 0 Å². The molecule has 1 heterocycles. The van der Waals surface area contributed by atoms with Gasteiger partial charge in [-0.1, -0.05) is 11.6 Å². The standard InChI is InChI=1S/C20H17ClF2N2O2/c21-13-4-2-12(3-5-13)20-24-17-9-15(22)16(23)10-18(17)25(20)14-6-1-11(7-14)8-19(26)27/h2-5,9-11,14H,1,6-8H2,(H,26,27). The first-order valence-electron chi connectivity index (χ1n) is 8.77. The molecule has 1 N–H and O–H groups in total. The fourth-order valence-corrected chi connectivity index (χ4v) is 4.10. The molecule has 1 aliphatic carbocycles. The SMILES string of the molecule is O=C(O)CC1CCC(n2c(-c3ccc(Cl)cc3)nc3cc(F)c(F)cc32)C1. The number of halogens is 3. The summed E-state index contributed by atoms with van der Waals surface area (Å²) in [6.45, 7) is 0. The van der Waals surface area contributed by atoms with Crippen LogP contribution in [-0.4, -0.2) is 20.6 Å². The second-order valence-electron chi connectivity index (χ2n) is 7.00. The third-order valence-corrected chi connectivity index (χ3v) is 5.43. The van der Waals surface area contributed by atoms with E-state index in [4.69, 9.17) is 16.7 Å². The fraction of sp³-hybridized carbons (Fsp3) is 0.300. The molecular weight excluding hydrogens is 374 g/mol. The Kier molecular flexibility index (Phi) is 4.60. The van der Waals surface area contributed by atoms with E-state index >= 15 is 0 Å². The number of hydrogen-bond donors (Lipinski definition) is 1. The molecule has 4 nitrogen and oxygen atoms in total. The molecule has 2 unspecified atom stereocenters. The number of carboxylic acids is 1. The molecule has 0 bridgehead atoms. The van der Waals surface area contributed by atoms with Crippen molar-refractivity contribution >= 4 is 28.6 Å². The highest BCUT2D eigenvalue weighted by Gasteiger charge is 2.30. The predicted octanol–water partition coefficient (Wildman–Crippen LogP) is 5.45. The van der Waals surface area contributed by atoms with Crippen molar-refractivity contribution in [1.82, 2.24) is 9.55 Å². The topological polar surface area (TPSA) is 55.1 Å². The highest BCUT2D eigenvalue weighted by molar-refractivity contribution is 6.30. The third-order valence-electron chi connectivity index (χ3n) is 5.18. The van der Waals surface area contributed by atoms with Crippen molar-refractivity contribution in [1.29, 1.82) is 0 Å². The van der Waals surface area contributed by atoms with Gasteiger partial charge in [-0.15, -0.1) is 0 Å². The van der Waals surface area contributed by atoms with Gasteiger partial charge in [-0.25, -0.2) is 13.8 Å². The summed E-state index contributed by atoms with van der Waals surface area (Å²) in [6.07, 6.45) is 2.32. The number of carboxylic acid groups (broad SMARTS) is 1. The van der Waals surface area contributed by atoms with Crippen molar-refractivity contribution in [3.63, 3.8) is 0 Å². The molecule has 1 aliphatic rings. The van der Waals surface area contributed by atoms with Gasteiger partial charge in [0.05, 0.1) is 11.0 Å². The molecule has 1 saturated carbocycles. The monoisotopic (exact) mass is 390 g/mol. The minimum Gasteiger partial charge on any atom is -0.481 e. The van der Waals surface area contributed by atoms with Crippen molar-refractivity contribution in [2.45, 2.75) is 31.7 Å². The van der Waals surface area contributed by atoms with Crippen LogP contribution in [0.3, 0.4) is 0 Å². The molecule has 4 rings (SSSR count). The Bertz CT molecular complexity index is 1020. The Morgan fingerprint density at radius 3 is 2.59 bits per heavy atom. The van der Waals surface area contributed by atoms with Crippen LogP contribution in [0.1, 0.15) is 31.7 Å². The first kappa shape index (κ1) is 17.9. The van der Waals surface area contributed by atoms with Crippen LogP contribution >= 0.6 is 11.6 Å². The van der Waals surface area contributed by atoms with Crippen molar-refractivity contribution < 1.29 is 18.7 Å². The van der Waals surface area contributed by atoms with Gasteiger partial charge in [0.25, 0.3) is 0 Å². The van der Waals surface area contributed by atoms with Crippen LogP contribution in [0, 0.1) is 17.6 Å². The lowest BCUT2D eigenvalue weighted by Gasteiger charge is -2.17. The summed E-state index contributed by atoms with van der Waals surface area (Å²) in [5.74, 6) is -2.01. The lowest BCUT2D eigenvalue weighted by atomic mass is 10.0. The Balaban J connectivity index is 1.83. The fourth-order valence-electron chi connectivity index (χ4n) is 3.98. The third kappa shape index (κ3) is 3.41. The molecule has 0 aliphatic heterocycles. The molecule has 0 saturated heterocycles. The zero-order chi connectivity index (χ0) is 19.1. The number of imidazole rings is 1. The van der Waals surface area contributed by atoms with Crippen molar-refractivity contribution in [3.8, 4) is 11.4 Å². The van der Waals surface area contributed by atoms with E-state index in [0.29, 0.717) is 28.3 Å². The summed E-state index contributed by atoms with van der Waals surface area (Å²) in [5.41, 5.74) is 1.68. The van der Waals surface area contributed by atoms with Gasteiger partial charge in [-0.3, -0.25) is 4.79 Å². The number of nitrogens with zero attached hydrogens (tertiary/aromatic N) is 2. The van der Waals surface area contributed by atoms with E-state index in [1.807, 2.05) is 16.7 Å². The second kappa shape index (κ2) is 6.93. The molecule has 140 valence electrons. The van der Waals surface area contributed by atoms with Crippen LogP contribution in [0.4, 0.5) is 8.78 Å². The van der Waals surface area contributed by atoms with Crippen LogP contribution in [-0.2, 0) is 4.79 Å².